The first-order chi connectivity index (χ1) is 17.5. The summed E-state index contributed by atoms with van der Waals surface area (Å²) in [6, 6.07) is 3.18. The highest BCUT2D eigenvalue weighted by Crippen LogP contribution is 2.35. The second kappa shape index (κ2) is 11.3. The highest BCUT2D eigenvalue weighted by Gasteiger charge is 2.38. The van der Waals surface area contributed by atoms with Gasteiger partial charge < -0.3 is 19.5 Å². The zero-order chi connectivity index (χ0) is 26.6. The van der Waals surface area contributed by atoms with Crippen LogP contribution in [0.5, 0.6) is 5.88 Å². The Kier molecular flexibility index (Phi) is 8.35. The number of alkyl halides is 4. The molecule has 12 heteroatoms. The topological polar surface area (TPSA) is 93.4 Å². The number of carbonyl (C=O) groups is 1. The number of ether oxygens (including phenoxy) is 1. The lowest BCUT2D eigenvalue weighted by molar-refractivity contribution is -0.190. The third kappa shape index (κ3) is 7.62. The fourth-order valence-corrected chi connectivity index (χ4v) is 4.87. The maximum atomic E-state index is 15.5. The van der Waals surface area contributed by atoms with Crippen LogP contribution in [-0.4, -0.2) is 69.6 Å². The molecule has 0 unspecified atom stereocenters. The zero-order valence-corrected chi connectivity index (χ0v) is 21.1. The van der Waals surface area contributed by atoms with Crippen molar-refractivity contribution < 1.29 is 31.6 Å². The molecule has 204 valence electrons. The number of hydrogen-bond acceptors (Lipinski definition) is 7. The van der Waals surface area contributed by atoms with Crippen molar-refractivity contribution in [2.75, 3.05) is 19.6 Å². The number of halogens is 4. The van der Waals surface area contributed by atoms with Gasteiger partial charge in [0.15, 0.2) is 11.9 Å². The maximum Gasteiger partial charge on any atom is 0.425 e. The summed E-state index contributed by atoms with van der Waals surface area (Å²) in [5.74, 6) is 0.508. The van der Waals surface area contributed by atoms with E-state index in [9.17, 15) is 18.0 Å². The van der Waals surface area contributed by atoms with Gasteiger partial charge in [-0.1, -0.05) is 11.2 Å². The van der Waals surface area contributed by atoms with Gasteiger partial charge in [-0.2, -0.15) is 18.2 Å². The predicted octanol–water partition coefficient (Wildman–Crippen LogP) is 3.90. The highest BCUT2D eigenvalue weighted by atomic mass is 19.4. The Labute approximate surface area is 213 Å². The molecule has 8 nitrogen and oxygen atoms in total. The van der Waals surface area contributed by atoms with Crippen LogP contribution in [0.1, 0.15) is 62.0 Å². The highest BCUT2D eigenvalue weighted by molar-refractivity contribution is 5.78. The number of amides is 1. The van der Waals surface area contributed by atoms with Gasteiger partial charge in [-0.15, -0.1) is 0 Å². The number of fused-ring (bicyclic) bond motifs is 1. The van der Waals surface area contributed by atoms with E-state index in [0.29, 0.717) is 69.8 Å². The summed E-state index contributed by atoms with van der Waals surface area (Å²) in [6.07, 6.45) is -2.77. The normalized spacial score (nSPS) is 23.7. The Balaban J connectivity index is 1.21. The lowest BCUT2D eigenvalue weighted by Crippen LogP contribution is -2.43. The van der Waals surface area contributed by atoms with E-state index in [2.05, 4.69) is 25.3 Å². The van der Waals surface area contributed by atoms with Gasteiger partial charge in [0, 0.05) is 50.8 Å². The molecule has 0 spiro atoms. The summed E-state index contributed by atoms with van der Waals surface area (Å²) in [5, 5.41) is 6.67. The van der Waals surface area contributed by atoms with E-state index in [1.54, 1.807) is 13.0 Å². The Bertz CT molecular complexity index is 1070. The molecule has 37 heavy (non-hydrogen) atoms. The number of pyridine rings is 1. The molecule has 1 N–H and O–H groups in total. The van der Waals surface area contributed by atoms with Crippen LogP contribution < -0.4 is 10.1 Å². The van der Waals surface area contributed by atoms with Crippen LogP contribution in [0.25, 0.3) is 0 Å². The van der Waals surface area contributed by atoms with Crippen LogP contribution in [0.15, 0.2) is 16.7 Å². The van der Waals surface area contributed by atoms with Crippen LogP contribution in [0.3, 0.4) is 0 Å². The van der Waals surface area contributed by atoms with Crippen molar-refractivity contribution in [1.82, 2.24) is 25.3 Å². The molecule has 1 amide bonds. The standard InChI is InChI=1S/C25H33F4N5O3/c1-16(25(27,28)29)36-23-4-3-18-7-12-34(13-8-20(18)32-23)14-11-24(26)9-5-19(6-10-24)31-22(35)15-21-30-17(2)37-33-21/h3-4,16,19H,5-15H2,1-2H3,(H,31,35)/t16-,19-,24+/m1/s1. The molecule has 1 aliphatic carbocycles. The SMILES string of the molecule is Cc1nc(CC(=O)N[C@H]2CC[C@](F)(CCN3CCc4ccc(O[C@H](C)C(F)(F)F)nc4CC3)CC2)no1. The first kappa shape index (κ1) is 27.3. The number of aromatic nitrogens is 3. The van der Waals surface area contributed by atoms with Crippen molar-refractivity contribution in [2.24, 2.45) is 0 Å². The van der Waals surface area contributed by atoms with E-state index in [4.69, 9.17) is 9.26 Å². The first-order valence-corrected chi connectivity index (χ1v) is 12.7. The number of hydrogen-bond donors (Lipinski definition) is 1. The molecule has 2 aromatic rings. The van der Waals surface area contributed by atoms with Gasteiger partial charge >= 0.3 is 6.18 Å². The van der Waals surface area contributed by atoms with Crippen molar-refractivity contribution in [3.05, 3.63) is 35.1 Å². The van der Waals surface area contributed by atoms with E-state index in [1.807, 2.05) is 0 Å². The number of nitrogens with one attached hydrogen (secondary N) is 1. The fraction of sp³-hybridized carbons (Fsp3) is 0.680. The summed E-state index contributed by atoms with van der Waals surface area (Å²) in [5.41, 5.74) is 0.436. The van der Waals surface area contributed by atoms with Crippen molar-refractivity contribution in [2.45, 2.75) is 89.2 Å². The van der Waals surface area contributed by atoms with E-state index < -0.39 is 17.9 Å². The van der Waals surface area contributed by atoms with E-state index in [0.717, 1.165) is 24.7 Å². The van der Waals surface area contributed by atoms with Gasteiger partial charge in [-0.05, 0) is 51.0 Å². The largest absolute Gasteiger partial charge is 0.465 e. The van der Waals surface area contributed by atoms with Gasteiger partial charge in [-0.3, -0.25) is 4.79 Å². The van der Waals surface area contributed by atoms with E-state index in [-0.39, 0.29) is 24.2 Å². The monoisotopic (exact) mass is 527 g/mol. The van der Waals surface area contributed by atoms with Crippen LogP contribution >= 0.6 is 0 Å². The van der Waals surface area contributed by atoms with Crippen LogP contribution in [0.4, 0.5) is 17.6 Å². The molecule has 1 aliphatic heterocycles. The van der Waals surface area contributed by atoms with Gasteiger partial charge in [0.25, 0.3) is 0 Å². The lowest BCUT2D eigenvalue weighted by atomic mass is 9.81. The summed E-state index contributed by atoms with van der Waals surface area (Å²) in [7, 11) is 0. The number of nitrogens with zero attached hydrogens (tertiary/aromatic N) is 4. The summed E-state index contributed by atoms with van der Waals surface area (Å²) in [4.78, 5) is 22.8. The molecular formula is C25H33F4N5O3. The number of rotatable bonds is 8. The molecule has 2 aromatic heterocycles. The molecule has 2 aliphatic rings. The van der Waals surface area contributed by atoms with Crippen molar-refractivity contribution in [3.63, 3.8) is 0 Å². The van der Waals surface area contributed by atoms with Gasteiger partial charge in [-0.25, -0.2) is 9.37 Å². The molecule has 0 bridgehead atoms. The molecular weight excluding hydrogens is 494 g/mol. The minimum atomic E-state index is -4.45. The van der Waals surface area contributed by atoms with Gasteiger partial charge in [0.2, 0.25) is 17.7 Å². The average molecular weight is 528 g/mol. The van der Waals surface area contributed by atoms with E-state index >= 15 is 4.39 Å². The van der Waals surface area contributed by atoms with Gasteiger partial charge in [0.05, 0.1) is 6.42 Å². The fourth-order valence-electron chi connectivity index (χ4n) is 4.87. The van der Waals surface area contributed by atoms with E-state index in [1.165, 1.54) is 6.07 Å². The molecule has 4 rings (SSSR count). The smallest absolute Gasteiger partial charge is 0.425 e. The predicted molar refractivity (Wildman–Crippen MR) is 126 cm³/mol. The van der Waals surface area contributed by atoms with Crippen molar-refractivity contribution in [3.8, 4) is 5.88 Å². The van der Waals surface area contributed by atoms with Crippen molar-refractivity contribution >= 4 is 5.91 Å². The quantitative estimate of drug-likeness (QED) is 0.521. The minimum absolute atomic E-state index is 0.0315. The Morgan fingerprint density at radius 1 is 1.24 bits per heavy atom. The lowest BCUT2D eigenvalue weighted by Gasteiger charge is -2.35. The second-order valence-corrected chi connectivity index (χ2v) is 10.0. The summed E-state index contributed by atoms with van der Waals surface area (Å²) < 4.78 is 63.8. The Hall–Kier alpha value is -2.76. The molecule has 3 heterocycles. The zero-order valence-electron chi connectivity index (χ0n) is 21.1. The van der Waals surface area contributed by atoms with Crippen LogP contribution in [-0.2, 0) is 24.1 Å². The second-order valence-electron chi connectivity index (χ2n) is 10.0. The molecule has 1 fully saturated rings. The summed E-state index contributed by atoms with van der Waals surface area (Å²) in [6.45, 7) is 4.60. The van der Waals surface area contributed by atoms with Gasteiger partial charge in [0.1, 0.15) is 5.67 Å². The van der Waals surface area contributed by atoms with Crippen LogP contribution in [0, 0.1) is 6.92 Å². The first-order valence-electron chi connectivity index (χ1n) is 12.7. The van der Waals surface area contributed by atoms with Crippen molar-refractivity contribution in [1.29, 1.82) is 0 Å². The third-order valence-corrected chi connectivity index (χ3v) is 7.17. The molecule has 1 saturated carbocycles. The molecule has 0 aromatic carbocycles. The third-order valence-electron chi connectivity index (χ3n) is 7.17. The number of carbonyl (C=O) groups excluding carboxylic acids is 1. The number of aryl methyl sites for hydroxylation is 1. The van der Waals surface area contributed by atoms with Crippen LogP contribution in [0.2, 0.25) is 0 Å². The Morgan fingerprint density at radius 3 is 2.65 bits per heavy atom. The maximum absolute atomic E-state index is 15.5. The molecule has 1 atom stereocenters. The average Bonchev–Trinajstić information content (AvgIpc) is 3.13. The Morgan fingerprint density at radius 2 is 1.97 bits per heavy atom. The molecule has 0 saturated heterocycles. The molecule has 0 radical (unpaired) electrons. The summed E-state index contributed by atoms with van der Waals surface area (Å²) >= 11 is 0. The minimum Gasteiger partial charge on any atom is -0.465 e.